The summed E-state index contributed by atoms with van der Waals surface area (Å²) in [5.41, 5.74) is 2.80. The van der Waals surface area contributed by atoms with E-state index in [1.807, 2.05) is 6.92 Å². The second-order valence-corrected chi connectivity index (χ2v) is 5.90. The first-order valence-corrected chi connectivity index (χ1v) is 6.81. The zero-order valence-electron chi connectivity index (χ0n) is 12.4. The van der Waals surface area contributed by atoms with Gasteiger partial charge in [-0.3, -0.25) is 0 Å². The number of ether oxygens (including phenoxy) is 1. The van der Waals surface area contributed by atoms with Gasteiger partial charge in [0, 0.05) is 24.6 Å². The van der Waals surface area contributed by atoms with E-state index in [2.05, 4.69) is 57.3 Å². The Balaban J connectivity index is 2.68. The van der Waals surface area contributed by atoms with Crippen molar-refractivity contribution in [2.24, 2.45) is 0 Å². The van der Waals surface area contributed by atoms with Crippen molar-refractivity contribution in [1.29, 1.82) is 0 Å². The van der Waals surface area contributed by atoms with Crippen LogP contribution < -0.4 is 5.32 Å². The number of hydrogen-bond donors (Lipinski definition) is 1. The van der Waals surface area contributed by atoms with Crippen molar-refractivity contribution < 1.29 is 4.74 Å². The Morgan fingerprint density at radius 3 is 2.28 bits per heavy atom. The molecule has 1 aromatic rings. The maximum Gasteiger partial charge on any atom is 0.0546 e. The Hall–Kier alpha value is -0.860. The van der Waals surface area contributed by atoms with E-state index in [1.165, 1.54) is 11.1 Å². The van der Waals surface area contributed by atoms with Crippen molar-refractivity contribution in [3.63, 3.8) is 0 Å². The minimum Gasteiger partial charge on any atom is -0.381 e. The monoisotopic (exact) mass is 249 g/mol. The molecule has 0 aliphatic carbocycles. The Kier molecular flexibility index (Phi) is 5.83. The summed E-state index contributed by atoms with van der Waals surface area (Å²) in [6.45, 7) is 13.3. The van der Waals surface area contributed by atoms with Gasteiger partial charge in [0.25, 0.3) is 0 Å². The average molecular weight is 249 g/mol. The highest BCUT2D eigenvalue weighted by Crippen LogP contribution is 2.17. The lowest BCUT2D eigenvalue weighted by molar-refractivity contribution is 0.129. The zero-order chi connectivity index (χ0) is 13.6. The van der Waals surface area contributed by atoms with E-state index in [0.29, 0.717) is 5.92 Å². The number of hydrogen-bond acceptors (Lipinski definition) is 2. The van der Waals surface area contributed by atoms with E-state index in [-0.39, 0.29) is 5.54 Å². The molecule has 0 bridgehead atoms. The Morgan fingerprint density at radius 1 is 1.17 bits per heavy atom. The Bertz CT molecular complexity index is 337. The molecule has 1 N–H and O–H groups in total. The maximum atomic E-state index is 5.61. The molecule has 1 unspecified atom stereocenters. The van der Waals surface area contributed by atoms with Gasteiger partial charge in [-0.25, -0.2) is 0 Å². The van der Waals surface area contributed by atoms with Crippen LogP contribution in [0.1, 0.15) is 44.7 Å². The molecule has 18 heavy (non-hydrogen) atoms. The Labute approximate surface area is 112 Å². The van der Waals surface area contributed by atoms with Gasteiger partial charge in [0.1, 0.15) is 0 Å². The lowest BCUT2D eigenvalue weighted by atomic mass is 9.97. The van der Waals surface area contributed by atoms with Crippen molar-refractivity contribution in [2.75, 3.05) is 19.8 Å². The van der Waals surface area contributed by atoms with E-state index in [9.17, 15) is 0 Å². The van der Waals surface area contributed by atoms with Crippen LogP contribution in [-0.4, -0.2) is 25.3 Å². The topological polar surface area (TPSA) is 21.3 Å². The third-order valence-corrected chi connectivity index (χ3v) is 2.95. The fraction of sp³-hybridized carbons (Fsp3) is 0.625. The molecule has 0 aliphatic heterocycles. The van der Waals surface area contributed by atoms with Gasteiger partial charge in [0.05, 0.1) is 6.61 Å². The molecular weight excluding hydrogens is 222 g/mol. The zero-order valence-corrected chi connectivity index (χ0v) is 12.4. The molecular formula is C16H27NO. The van der Waals surface area contributed by atoms with Crippen LogP contribution in [0.25, 0.3) is 0 Å². The van der Waals surface area contributed by atoms with Gasteiger partial charge >= 0.3 is 0 Å². The van der Waals surface area contributed by atoms with Gasteiger partial charge in [-0.15, -0.1) is 0 Å². The third-order valence-electron chi connectivity index (χ3n) is 2.95. The van der Waals surface area contributed by atoms with Crippen LogP contribution in [0.4, 0.5) is 0 Å². The predicted molar refractivity (Wildman–Crippen MR) is 78.2 cm³/mol. The van der Waals surface area contributed by atoms with E-state index in [0.717, 1.165) is 19.8 Å². The molecule has 0 amide bonds. The molecule has 1 atom stereocenters. The second kappa shape index (κ2) is 6.91. The van der Waals surface area contributed by atoms with Gasteiger partial charge in [-0.2, -0.15) is 0 Å². The molecule has 1 aromatic carbocycles. The minimum absolute atomic E-state index is 0.148. The molecule has 2 nitrogen and oxygen atoms in total. The molecule has 0 heterocycles. The third kappa shape index (κ3) is 5.65. The van der Waals surface area contributed by atoms with E-state index >= 15 is 0 Å². The molecule has 0 aliphatic rings. The van der Waals surface area contributed by atoms with Gasteiger partial charge in [0.15, 0.2) is 0 Å². The van der Waals surface area contributed by atoms with Gasteiger partial charge in [0.2, 0.25) is 0 Å². The summed E-state index contributed by atoms with van der Waals surface area (Å²) in [7, 11) is 0. The summed E-state index contributed by atoms with van der Waals surface area (Å²) in [6.07, 6.45) is 0. The molecule has 0 saturated carbocycles. The maximum absolute atomic E-state index is 5.61. The van der Waals surface area contributed by atoms with Crippen LogP contribution in [0.15, 0.2) is 24.3 Å². The summed E-state index contributed by atoms with van der Waals surface area (Å²) >= 11 is 0. The minimum atomic E-state index is 0.148. The molecule has 0 aromatic heterocycles. The van der Waals surface area contributed by atoms with E-state index in [4.69, 9.17) is 4.74 Å². The van der Waals surface area contributed by atoms with Gasteiger partial charge in [-0.05, 0) is 40.2 Å². The summed E-state index contributed by atoms with van der Waals surface area (Å²) in [6, 6.07) is 8.77. The van der Waals surface area contributed by atoms with Crippen LogP contribution in [-0.2, 0) is 4.74 Å². The molecule has 2 heteroatoms. The summed E-state index contributed by atoms with van der Waals surface area (Å²) in [5.74, 6) is 0.421. The van der Waals surface area contributed by atoms with Crippen molar-refractivity contribution >= 4 is 0 Å². The fourth-order valence-electron chi connectivity index (χ4n) is 1.80. The van der Waals surface area contributed by atoms with E-state index in [1.54, 1.807) is 0 Å². The van der Waals surface area contributed by atoms with Crippen LogP contribution in [0, 0.1) is 6.92 Å². The van der Waals surface area contributed by atoms with Crippen LogP contribution in [0.5, 0.6) is 0 Å². The highest BCUT2D eigenvalue weighted by atomic mass is 16.5. The number of nitrogens with one attached hydrogen (secondary N) is 1. The predicted octanol–water partition coefficient (Wildman–Crippen LogP) is 3.50. The first-order valence-electron chi connectivity index (χ1n) is 6.81. The first kappa shape index (κ1) is 15.2. The highest BCUT2D eigenvalue weighted by Gasteiger charge is 2.16. The second-order valence-electron chi connectivity index (χ2n) is 5.90. The smallest absolute Gasteiger partial charge is 0.0546 e. The summed E-state index contributed by atoms with van der Waals surface area (Å²) in [4.78, 5) is 0. The number of benzene rings is 1. The molecule has 0 radical (unpaired) electrons. The van der Waals surface area contributed by atoms with Gasteiger partial charge in [-0.1, -0.05) is 29.8 Å². The largest absolute Gasteiger partial charge is 0.381 e. The summed E-state index contributed by atoms with van der Waals surface area (Å²) < 4.78 is 5.61. The van der Waals surface area contributed by atoms with Crippen molar-refractivity contribution in [1.82, 2.24) is 5.32 Å². The molecule has 0 fully saturated rings. The Morgan fingerprint density at radius 2 is 1.78 bits per heavy atom. The van der Waals surface area contributed by atoms with Crippen LogP contribution >= 0.6 is 0 Å². The lowest BCUT2D eigenvalue weighted by Crippen LogP contribution is -2.39. The molecule has 0 spiro atoms. The van der Waals surface area contributed by atoms with Crippen molar-refractivity contribution in [3.05, 3.63) is 35.4 Å². The summed E-state index contributed by atoms with van der Waals surface area (Å²) in [5, 5.41) is 3.56. The van der Waals surface area contributed by atoms with Crippen LogP contribution in [0.2, 0.25) is 0 Å². The molecule has 1 rings (SSSR count). The van der Waals surface area contributed by atoms with E-state index < -0.39 is 0 Å². The SMILES string of the molecule is CCOCC(CNC(C)(C)C)c1ccc(C)cc1. The first-order chi connectivity index (χ1) is 8.42. The standard InChI is InChI=1S/C16H27NO/c1-6-18-12-15(11-17-16(3,4)5)14-9-7-13(2)8-10-14/h7-10,15,17H,6,11-12H2,1-5H3. The normalized spacial score (nSPS) is 13.6. The molecule has 102 valence electrons. The lowest BCUT2D eigenvalue weighted by Gasteiger charge is -2.25. The highest BCUT2D eigenvalue weighted by molar-refractivity contribution is 5.25. The van der Waals surface area contributed by atoms with Crippen molar-refractivity contribution in [2.45, 2.75) is 46.1 Å². The quantitative estimate of drug-likeness (QED) is 0.833. The number of aryl methyl sites for hydroxylation is 1. The fourth-order valence-corrected chi connectivity index (χ4v) is 1.80. The molecule has 0 saturated heterocycles. The average Bonchev–Trinajstić information content (AvgIpc) is 2.29. The number of rotatable bonds is 6. The van der Waals surface area contributed by atoms with Crippen molar-refractivity contribution in [3.8, 4) is 0 Å². The van der Waals surface area contributed by atoms with Gasteiger partial charge < -0.3 is 10.1 Å². The van der Waals surface area contributed by atoms with Crippen LogP contribution in [0.3, 0.4) is 0 Å².